The number of rotatable bonds is 2. The molecule has 100 valence electrons. The predicted octanol–water partition coefficient (Wildman–Crippen LogP) is 3.14. The third-order valence-corrected chi connectivity index (χ3v) is 3.12. The highest BCUT2D eigenvalue weighted by Crippen LogP contribution is 2.31. The van der Waals surface area contributed by atoms with Gasteiger partial charge in [0.25, 0.3) is 0 Å². The van der Waals surface area contributed by atoms with E-state index in [1.54, 1.807) is 0 Å². The minimum Gasteiger partial charge on any atom is -0.368 e. The number of halogens is 3. The number of hydrogen-bond acceptors (Lipinski definition) is 2. The molecular weight excluding hydrogens is 243 g/mol. The van der Waals surface area contributed by atoms with Gasteiger partial charge in [0.2, 0.25) is 0 Å². The maximum Gasteiger partial charge on any atom is 0.416 e. The van der Waals surface area contributed by atoms with Crippen molar-refractivity contribution in [3.8, 4) is 0 Å². The zero-order chi connectivity index (χ0) is 13.2. The Bertz CT molecular complexity index is 388. The highest BCUT2D eigenvalue weighted by atomic mass is 19.4. The Morgan fingerprint density at radius 1 is 1.22 bits per heavy atom. The largest absolute Gasteiger partial charge is 0.416 e. The zero-order valence-corrected chi connectivity index (χ0v) is 10.1. The summed E-state index contributed by atoms with van der Waals surface area (Å²) in [6.07, 6.45) is -3.42. The van der Waals surface area contributed by atoms with Gasteiger partial charge < -0.3 is 10.1 Å². The van der Waals surface area contributed by atoms with Gasteiger partial charge >= 0.3 is 6.18 Å². The first kappa shape index (κ1) is 13.4. The summed E-state index contributed by atoms with van der Waals surface area (Å²) in [5.41, 5.74) is 0.163. The lowest BCUT2D eigenvalue weighted by Crippen LogP contribution is -2.40. The minimum absolute atomic E-state index is 0.131. The molecule has 1 heterocycles. The minimum atomic E-state index is -4.28. The fraction of sp³-hybridized carbons (Fsp3) is 0.538. The molecular formula is C13H16F3NO. The highest BCUT2D eigenvalue weighted by molar-refractivity contribution is 5.26. The van der Waals surface area contributed by atoms with Crippen LogP contribution < -0.4 is 5.32 Å². The number of hydrogen-bond donors (Lipinski definition) is 1. The molecule has 0 amide bonds. The van der Waals surface area contributed by atoms with E-state index in [1.165, 1.54) is 12.1 Å². The first-order valence-corrected chi connectivity index (χ1v) is 6.04. The molecule has 18 heavy (non-hydrogen) atoms. The average molecular weight is 259 g/mol. The molecule has 0 bridgehead atoms. The van der Waals surface area contributed by atoms with Crippen molar-refractivity contribution in [3.05, 3.63) is 35.4 Å². The van der Waals surface area contributed by atoms with Crippen LogP contribution in [0.2, 0.25) is 0 Å². The normalized spacial score (nSPS) is 25.1. The number of benzene rings is 1. The number of ether oxygens (including phenoxy) is 1. The third-order valence-electron chi connectivity index (χ3n) is 3.12. The van der Waals surface area contributed by atoms with Gasteiger partial charge in [-0.05, 0) is 24.1 Å². The lowest BCUT2D eigenvalue weighted by molar-refractivity contribution is -0.137. The Labute approximate surface area is 104 Å². The lowest BCUT2D eigenvalue weighted by Gasteiger charge is -2.30. The maximum absolute atomic E-state index is 12.4. The topological polar surface area (TPSA) is 21.3 Å². The van der Waals surface area contributed by atoms with E-state index in [4.69, 9.17) is 4.74 Å². The molecule has 0 spiro atoms. The second kappa shape index (κ2) is 5.28. The highest BCUT2D eigenvalue weighted by Gasteiger charge is 2.30. The molecule has 1 fully saturated rings. The van der Waals surface area contributed by atoms with Crippen LogP contribution in [0, 0.1) is 0 Å². The molecule has 1 aliphatic rings. The maximum atomic E-state index is 12.4. The van der Waals surface area contributed by atoms with Gasteiger partial charge in [0, 0.05) is 13.1 Å². The molecule has 5 heteroatoms. The van der Waals surface area contributed by atoms with Gasteiger partial charge in [-0.15, -0.1) is 0 Å². The van der Waals surface area contributed by atoms with Crippen molar-refractivity contribution in [2.75, 3.05) is 13.1 Å². The quantitative estimate of drug-likeness (QED) is 0.881. The van der Waals surface area contributed by atoms with E-state index < -0.39 is 11.7 Å². The lowest BCUT2D eigenvalue weighted by atomic mass is 10.0. The molecule has 1 aromatic carbocycles. The van der Waals surface area contributed by atoms with Crippen molar-refractivity contribution in [2.24, 2.45) is 0 Å². The standard InChI is InChI=1S/C13H16F3NO/c1-2-11-7-17-8-12(18-11)9-3-5-10(6-4-9)13(14,15)16/h3-6,11-12,17H,2,7-8H2,1H3. The van der Waals surface area contributed by atoms with E-state index in [9.17, 15) is 13.2 Å². The summed E-state index contributed by atoms with van der Waals surface area (Å²) in [6, 6.07) is 5.20. The van der Waals surface area contributed by atoms with E-state index >= 15 is 0 Å². The van der Waals surface area contributed by atoms with Crippen LogP contribution in [-0.2, 0) is 10.9 Å². The van der Waals surface area contributed by atoms with Gasteiger partial charge in [-0.1, -0.05) is 19.1 Å². The molecule has 2 atom stereocenters. The Kier molecular flexibility index (Phi) is 3.92. The van der Waals surface area contributed by atoms with E-state index in [0.717, 1.165) is 30.7 Å². The Morgan fingerprint density at radius 3 is 2.44 bits per heavy atom. The first-order chi connectivity index (χ1) is 8.50. The van der Waals surface area contributed by atoms with Gasteiger partial charge in [-0.3, -0.25) is 0 Å². The summed E-state index contributed by atoms with van der Waals surface area (Å²) in [5.74, 6) is 0. The van der Waals surface area contributed by atoms with E-state index in [2.05, 4.69) is 5.32 Å². The third kappa shape index (κ3) is 3.03. The summed E-state index contributed by atoms with van der Waals surface area (Å²) in [7, 11) is 0. The number of alkyl halides is 3. The summed E-state index contributed by atoms with van der Waals surface area (Å²) in [4.78, 5) is 0. The average Bonchev–Trinajstić information content (AvgIpc) is 2.38. The molecule has 2 unspecified atom stereocenters. The van der Waals surface area contributed by atoms with Crippen LogP contribution in [0.3, 0.4) is 0 Å². The Hall–Kier alpha value is -1.07. The monoisotopic (exact) mass is 259 g/mol. The van der Waals surface area contributed by atoms with Crippen LogP contribution in [0.25, 0.3) is 0 Å². The fourth-order valence-corrected chi connectivity index (χ4v) is 2.03. The molecule has 0 radical (unpaired) electrons. The summed E-state index contributed by atoms with van der Waals surface area (Å²) < 4.78 is 43.1. The molecule has 0 saturated carbocycles. The van der Waals surface area contributed by atoms with Crippen LogP contribution in [-0.4, -0.2) is 19.2 Å². The molecule has 1 N–H and O–H groups in total. The van der Waals surface area contributed by atoms with E-state index in [1.807, 2.05) is 6.92 Å². The first-order valence-electron chi connectivity index (χ1n) is 6.04. The smallest absolute Gasteiger partial charge is 0.368 e. The number of nitrogens with one attached hydrogen (secondary N) is 1. The van der Waals surface area contributed by atoms with Crippen molar-refractivity contribution >= 4 is 0 Å². The summed E-state index contributed by atoms with van der Waals surface area (Å²) >= 11 is 0. The number of morpholine rings is 1. The van der Waals surface area contributed by atoms with Crippen molar-refractivity contribution < 1.29 is 17.9 Å². The van der Waals surface area contributed by atoms with Gasteiger partial charge in [-0.2, -0.15) is 13.2 Å². The fourth-order valence-electron chi connectivity index (χ4n) is 2.03. The van der Waals surface area contributed by atoms with Gasteiger partial charge in [0.05, 0.1) is 17.8 Å². The zero-order valence-electron chi connectivity index (χ0n) is 10.1. The second-order valence-corrected chi connectivity index (χ2v) is 4.43. The molecule has 2 rings (SSSR count). The van der Waals surface area contributed by atoms with Gasteiger partial charge in [-0.25, -0.2) is 0 Å². The van der Waals surface area contributed by atoms with Crippen LogP contribution in [0.5, 0.6) is 0 Å². The van der Waals surface area contributed by atoms with Crippen molar-refractivity contribution in [3.63, 3.8) is 0 Å². The van der Waals surface area contributed by atoms with Gasteiger partial charge in [0.15, 0.2) is 0 Å². The van der Waals surface area contributed by atoms with Crippen molar-refractivity contribution in [1.82, 2.24) is 5.32 Å². The van der Waals surface area contributed by atoms with Crippen LogP contribution in [0.4, 0.5) is 13.2 Å². The van der Waals surface area contributed by atoms with E-state index in [-0.39, 0.29) is 12.2 Å². The molecule has 0 aromatic heterocycles. The molecule has 2 nitrogen and oxygen atoms in total. The van der Waals surface area contributed by atoms with Gasteiger partial charge in [0.1, 0.15) is 0 Å². The second-order valence-electron chi connectivity index (χ2n) is 4.43. The summed E-state index contributed by atoms with van der Waals surface area (Å²) in [5, 5.41) is 3.23. The summed E-state index contributed by atoms with van der Waals surface area (Å²) in [6.45, 7) is 3.47. The molecule has 0 aliphatic carbocycles. The predicted molar refractivity (Wildman–Crippen MR) is 62.2 cm³/mol. The van der Waals surface area contributed by atoms with Crippen LogP contribution in [0.15, 0.2) is 24.3 Å². The SMILES string of the molecule is CCC1CNCC(c2ccc(C(F)(F)F)cc2)O1. The molecule has 1 saturated heterocycles. The van der Waals surface area contributed by atoms with Crippen LogP contribution in [0.1, 0.15) is 30.6 Å². The van der Waals surface area contributed by atoms with Crippen molar-refractivity contribution in [1.29, 1.82) is 0 Å². The van der Waals surface area contributed by atoms with E-state index in [0.29, 0.717) is 6.54 Å². The van der Waals surface area contributed by atoms with Crippen LogP contribution >= 0.6 is 0 Å². The molecule has 1 aromatic rings. The molecule has 1 aliphatic heterocycles. The Morgan fingerprint density at radius 2 is 1.89 bits per heavy atom. The van der Waals surface area contributed by atoms with Crippen molar-refractivity contribution in [2.45, 2.75) is 31.7 Å². The Balaban J connectivity index is 2.09.